The predicted octanol–water partition coefficient (Wildman–Crippen LogP) is 1.46. The maximum absolute atomic E-state index is 12.4. The standard InChI is InChI=1S/C10H14ClN3O5S2/c1-3-12-8(15)6-13(4-2)21(18,19)9-5-7(14(16)17)10(11)20-9/h5H,3-4,6H2,1-2H3,(H,12,15). The lowest BCUT2D eigenvalue weighted by molar-refractivity contribution is -0.384. The molecule has 1 N–H and O–H groups in total. The Bertz CT molecular complexity index is 643. The van der Waals surface area contributed by atoms with Gasteiger partial charge < -0.3 is 5.32 Å². The van der Waals surface area contributed by atoms with Gasteiger partial charge in [-0.05, 0) is 6.92 Å². The van der Waals surface area contributed by atoms with Crippen molar-refractivity contribution >= 4 is 44.6 Å². The summed E-state index contributed by atoms with van der Waals surface area (Å²) >= 11 is 6.26. The number of nitrogens with one attached hydrogen (secondary N) is 1. The summed E-state index contributed by atoms with van der Waals surface area (Å²) in [7, 11) is -4.00. The van der Waals surface area contributed by atoms with E-state index in [1.807, 2.05) is 0 Å². The van der Waals surface area contributed by atoms with Crippen LogP contribution in [0.5, 0.6) is 0 Å². The predicted molar refractivity (Wildman–Crippen MR) is 79.1 cm³/mol. The second kappa shape index (κ2) is 7.16. The summed E-state index contributed by atoms with van der Waals surface area (Å²) in [5.41, 5.74) is -0.464. The lowest BCUT2D eigenvalue weighted by atomic mass is 10.5. The summed E-state index contributed by atoms with van der Waals surface area (Å²) in [5.74, 6) is -0.444. The maximum Gasteiger partial charge on any atom is 0.300 e. The van der Waals surface area contributed by atoms with Crippen LogP contribution in [0.2, 0.25) is 4.34 Å². The molecule has 0 atom stereocenters. The fraction of sp³-hybridized carbons (Fsp3) is 0.500. The Morgan fingerprint density at radius 1 is 1.52 bits per heavy atom. The van der Waals surface area contributed by atoms with Crippen LogP contribution in [0.3, 0.4) is 0 Å². The zero-order chi connectivity index (χ0) is 16.2. The van der Waals surface area contributed by atoms with E-state index < -0.39 is 26.5 Å². The lowest BCUT2D eigenvalue weighted by Gasteiger charge is -2.18. The number of hydrogen-bond acceptors (Lipinski definition) is 6. The third-order valence-electron chi connectivity index (χ3n) is 2.48. The number of thiophene rings is 1. The Hall–Kier alpha value is -1.23. The summed E-state index contributed by atoms with van der Waals surface area (Å²) < 4.78 is 25.2. The molecule has 1 rings (SSSR count). The van der Waals surface area contributed by atoms with Crippen LogP contribution in [-0.4, -0.2) is 43.2 Å². The molecule has 21 heavy (non-hydrogen) atoms. The number of sulfonamides is 1. The van der Waals surface area contributed by atoms with Gasteiger partial charge in [0, 0.05) is 19.2 Å². The van der Waals surface area contributed by atoms with Crippen LogP contribution in [0.15, 0.2) is 10.3 Å². The number of carbonyl (C=O) groups is 1. The third kappa shape index (κ3) is 4.13. The van der Waals surface area contributed by atoms with Crippen LogP contribution in [0.1, 0.15) is 13.8 Å². The molecule has 0 saturated carbocycles. The van der Waals surface area contributed by atoms with Crippen molar-refractivity contribution in [2.24, 2.45) is 0 Å². The van der Waals surface area contributed by atoms with Crippen molar-refractivity contribution in [3.05, 3.63) is 20.5 Å². The van der Waals surface area contributed by atoms with E-state index in [1.165, 1.54) is 0 Å². The molecule has 118 valence electrons. The van der Waals surface area contributed by atoms with Gasteiger partial charge in [-0.3, -0.25) is 14.9 Å². The fourth-order valence-electron chi connectivity index (χ4n) is 1.50. The molecular formula is C10H14ClN3O5S2. The Balaban J connectivity index is 3.10. The second-order valence-electron chi connectivity index (χ2n) is 3.87. The van der Waals surface area contributed by atoms with E-state index >= 15 is 0 Å². The summed E-state index contributed by atoms with van der Waals surface area (Å²) in [6.07, 6.45) is 0. The topological polar surface area (TPSA) is 110 Å². The van der Waals surface area contributed by atoms with E-state index in [-0.39, 0.29) is 21.6 Å². The monoisotopic (exact) mass is 355 g/mol. The van der Waals surface area contributed by atoms with Gasteiger partial charge in [0.2, 0.25) is 5.91 Å². The Morgan fingerprint density at radius 3 is 2.57 bits per heavy atom. The number of halogens is 1. The molecule has 11 heteroatoms. The van der Waals surface area contributed by atoms with Crippen LogP contribution in [0.25, 0.3) is 0 Å². The average Bonchev–Trinajstić information content (AvgIpc) is 2.79. The average molecular weight is 356 g/mol. The second-order valence-corrected chi connectivity index (χ2v) is 7.69. The number of likely N-dealkylation sites (N-methyl/N-ethyl adjacent to an activating group) is 2. The van der Waals surface area contributed by atoms with Gasteiger partial charge in [-0.2, -0.15) is 4.31 Å². The van der Waals surface area contributed by atoms with Gasteiger partial charge in [-0.1, -0.05) is 18.5 Å². The molecule has 0 aromatic carbocycles. The Labute approximate surface area is 130 Å². The molecule has 1 heterocycles. The largest absolute Gasteiger partial charge is 0.355 e. The van der Waals surface area contributed by atoms with Gasteiger partial charge in [0.15, 0.2) is 4.34 Å². The van der Waals surface area contributed by atoms with Gasteiger partial charge in [-0.25, -0.2) is 8.42 Å². The van der Waals surface area contributed by atoms with E-state index in [4.69, 9.17) is 11.6 Å². The highest BCUT2D eigenvalue weighted by Crippen LogP contribution is 2.37. The molecule has 0 fully saturated rings. The van der Waals surface area contributed by atoms with E-state index in [1.54, 1.807) is 13.8 Å². The van der Waals surface area contributed by atoms with E-state index in [0.717, 1.165) is 10.4 Å². The first-order chi connectivity index (χ1) is 9.73. The molecule has 1 aromatic heterocycles. The van der Waals surface area contributed by atoms with Crippen LogP contribution in [0.4, 0.5) is 5.69 Å². The van der Waals surface area contributed by atoms with Crippen molar-refractivity contribution in [2.75, 3.05) is 19.6 Å². The molecular weight excluding hydrogens is 342 g/mol. The first kappa shape index (κ1) is 17.8. The Kier molecular flexibility index (Phi) is 6.08. The lowest BCUT2D eigenvalue weighted by Crippen LogP contribution is -2.40. The first-order valence-corrected chi connectivity index (χ1v) is 8.58. The van der Waals surface area contributed by atoms with E-state index in [0.29, 0.717) is 17.9 Å². The zero-order valence-corrected chi connectivity index (χ0v) is 13.7. The van der Waals surface area contributed by atoms with Crippen molar-refractivity contribution in [3.63, 3.8) is 0 Å². The van der Waals surface area contributed by atoms with Crippen LogP contribution >= 0.6 is 22.9 Å². The minimum absolute atomic E-state index is 0.0583. The maximum atomic E-state index is 12.4. The van der Waals surface area contributed by atoms with Crippen molar-refractivity contribution in [1.82, 2.24) is 9.62 Å². The molecule has 0 unspecified atom stereocenters. The van der Waals surface area contributed by atoms with E-state index in [2.05, 4.69) is 5.32 Å². The summed E-state index contributed by atoms with van der Waals surface area (Å²) in [6.45, 7) is 3.37. The van der Waals surface area contributed by atoms with Crippen molar-refractivity contribution in [1.29, 1.82) is 0 Å². The third-order valence-corrected chi connectivity index (χ3v) is 6.19. The molecule has 1 amide bonds. The number of rotatable bonds is 7. The molecule has 0 aliphatic rings. The van der Waals surface area contributed by atoms with Crippen molar-refractivity contribution < 1.29 is 18.1 Å². The van der Waals surface area contributed by atoms with Gasteiger partial charge in [0.05, 0.1) is 11.5 Å². The first-order valence-electron chi connectivity index (χ1n) is 5.94. The highest BCUT2D eigenvalue weighted by atomic mass is 35.5. The van der Waals surface area contributed by atoms with E-state index in [9.17, 15) is 23.3 Å². The molecule has 0 bridgehead atoms. The SMILES string of the molecule is CCNC(=O)CN(CC)S(=O)(=O)c1cc([N+](=O)[O-])c(Cl)s1. The van der Waals surface area contributed by atoms with Gasteiger partial charge >= 0.3 is 0 Å². The molecule has 0 saturated heterocycles. The van der Waals surface area contributed by atoms with Gasteiger partial charge in [-0.15, -0.1) is 11.3 Å². The normalized spacial score (nSPS) is 11.6. The molecule has 0 spiro atoms. The van der Waals surface area contributed by atoms with Crippen molar-refractivity contribution in [2.45, 2.75) is 18.1 Å². The molecule has 0 radical (unpaired) electrons. The fourth-order valence-corrected chi connectivity index (χ4v) is 4.72. The quantitative estimate of drug-likeness (QED) is 0.588. The highest BCUT2D eigenvalue weighted by molar-refractivity contribution is 7.91. The number of hydrogen-bond donors (Lipinski definition) is 1. The molecule has 8 nitrogen and oxygen atoms in total. The molecule has 0 aliphatic heterocycles. The highest BCUT2D eigenvalue weighted by Gasteiger charge is 2.30. The summed E-state index contributed by atoms with van der Waals surface area (Å²) in [6, 6.07) is 0.905. The van der Waals surface area contributed by atoms with Crippen LogP contribution < -0.4 is 5.32 Å². The van der Waals surface area contributed by atoms with Crippen LogP contribution in [-0.2, 0) is 14.8 Å². The number of nitrogens with zero attached hydrogens (tertiary/aromatic N) is 2. The number of nitro groups is 1. The van der Waals surface area contributed by atoms with Crippen molar-refractivity contribution in [3.8, 4) is 0 Å². The van der Waals surface area contributed by atoms with Crippen LogP contribution in [0, 0.1) is 10.1 Å². The number of amides is 1. The molecule has 0 aliphatic carbocycles. The summed E-state index contributed by atoms with van der Waals surface area (Å²) in [5, 5.41) is 13.2. The zero-order valence-electron chi connectivity index (χ0n) is 11.3. The summed E-state index contributed by atoms with van der Waals surface area (Å²) in [4.78, 5) is 21.5. The molecule has 1 aromatic rings. The smallest absolute Gasteiger partial charge is 0.300 e. The minimum Gasteiger partial charge on any atom is -0.355 e. The number of carbonyl (C=O) groups excluding carboxylic acids is 1. The minimum atomic E-state index is -4.00. The van der Waals surface area contributed by atoms with Gasteiger partial charge in [0.25, 0.3) is 15.7 Å². The Morgan fingerprint density at radius 2 is 2.14 bits per heavy atom. The van der Waals surface area contributed by atoms with Gasteiger partial charge in [0.1, 0.15) is 4.21 Å².